The van der Waals surface area contributed by atoms with Crippen LogP contribution in [0.5, 0.6) is 5.75 Å². The Labute approximate surface area is 378 Å². The van der Waals surface area contributed by atoms with E-state index in [-0.39, 0.29) is 6.42 Å². The van der Waals surface area contributed by atoms with Crippen LogP contribution in [-0.2, 0) is 34.4 Å². The van der Waals surface area contributed by atoms with Crippen LogP contribution in [0.4, 0.5) is 11.4 Å². The van der Waals surface area contributed by atoms with E-state index in [4.69, 9.17) is 4.74 Å². The molecule has 1 atom stereocenters. The summed E-state index contributed by atoms with van der Waals surface area (Å²) in [5, 5.41) is 15.7. The van der Waals surface area contributed by atoms with E-state index >= 15 is 0 Å². The molecule has 10 nitrogen and oxygen atoms in total. The average Bonchev–Trinajstić information content (AvgIpc) is 3.80. The maximum Gasteiger partial charge on any atom is 0.326 e. The molecule has 3 heterocycles. The van der Waals surface area contributed by atoms with Gasteiger partial charge in [0, 0.05) is 60.5 Å². The van der Waals surface area contributed by atoms with Crippen LogP contribution >= 0.6 is 23.1 Å². The van der Waals surface area contributed by atoms with E-state index in [0.717, 1.165) is 81.1 Å². The van der Waals surface area contributed by atoms with Gasteiger partial charge < -0.3 is 24.2 Å². The number of fused-ring (bicyclic) bond motifs is 3. The van der Waals surface area contributed by atoms with E-state index < -0.39 is 27.9 Å². The lowest BCUT2D eigenvalue weighted by atomic mass is 9.93. The molecule has 0 aliphatic carbocycles. The summed E-state index contributed by atoms with van der Waals surface area (Å²) in [5.74, 6) is -0.555. The largest absolute Gasteiger partial charge is 0.748 e. The lowest BCUT2D eigenvalue weighted by Crippen LogP contribution is -2.45. The van der Waals surface area contributed by atoms with Gasteiger partial charge in [-0.25, -0.2) is 13.2 Å². The minimum Gasteiger partial charge on any atom is -0.748 e. The van der Waals surface area contributed by atoms with Crippen molar-refractivity contribution in [2.45, 2.75) is 70.0 Å². The van der Waals surface area contributed by atoms with Gasteiger partial charge in [-0.3, -0.25) is 5.32 Å². The van der Waals surface area contributed by atoms with Crippen molar-refractivity contribution in [2.24, 2.45) is 0 Å². The van der Waals surface area contributed by atoms with Gasteiger partial charge in [-0.1, -0.05) is 103 Å². The summed E-state index contributed by atoms with van der Waals surface area (Å²) in [7, 11) is -4.34. The van der Waals surface area contributed by atoms with Gasteiger partial charge in [0.2, 0.25) is 5.52 Å². The fourth-order valence-electron chi connectivity index (χ4n) is 8.25. The van der Waals surface area contributed by atoms with Crippen molar-refractivity contribution >= 4 is 66.9 Å². The molecule has 0 radical (unpaired) electrons. The molecule has 5 aromatic carbocycles. The van der Waals surface area contributed by atoms with Crippen LogP contribution in [0.15, 0.2) is 137 Å². The van der Waals surface area contributed by atoms with Crippen molar-refractivity contribution in [3.8, 4) is 16.9 Å². The number of rotatable bonds is 18. The van der Waals surface area contributed by atoms with Crippen LogP contribution in [0.2, 0.25) is 0 Å². The summed E-state index contributed by atoms with van der Waals surface area (Å²) in [6.07, 6.45) is 7.88. The minimum atomic E-state index is -4.34. The molecule has 0 amide bonds. The van der Waals surface area contributed by atoms with Gasteiger partial charge in [-0.2, -0.15) is 4.57 Å². The van der Waals surface area contributed by atoms with Crippen LogP contribution in [0.25, 0.3) is 27.4 Å². The highest BCUT2D eigenvalue weighted by atomic mass is 32.2. The number of carbonyl (C=O) groups is 1. The lowest BCUT2D eigenvalue weighted by molar-refractivity contribution is -0.668. The summed E-state index contributed by atoms with van der Waals surface area (Å²) in [4.78, 5) is 17.9. The molecule has 2 aliphatic rings. The monoisotopic (exact) mass is 900 g/mol. The van der Waals surface area contributed by atoms with Gasteiger partial charge >= 0.3 is 5.97 Å². The summed E-state index contributed by atoms with van der Waals surface area (Å²) in [6, 6.07) is 38.3. The predicted molar refractivity (Wildman–Crippen MR) is 254 cm³/mol. The number of benzene rings is 5. The summed E-state index contributed by atoms with van der Waals surface area (Å²) in [6.45, 7) is 7.18. The van der Waals surface area contributed by atoms with Gasteiger partial charge in [0.1, 0.15) is 23.2 Å². The Hall–Kier alpha value is -5.44. The number of aryl methyl sites for hydroxylation is 2. The Morgan fingerprint density at radius 1 is 0.937 bits per heavy atom. The third kappa shape index (κ3) is 10.9. The molecule has 0 saturated heterocycles. The summed E-state index contributed by atoms with van der Waals surface area (Å²) in [5.41, 5.74) is 9.82. The smallest absolute Gasteiger partial charge is 0.326 e. The van der Waals surface area contributed by atoms with Crippen molar-refractivity contribution in [2.75, 3.05) is 35.4 Å². The molecule has 6 aromatic rings. The number of aromatic nitrogens is 1. The van der Waals surface area contributed by atoms with E-state index in [2.05, 4.69) is 95.4 Å². The highest BCUT2D eigenvalue weighted by Gasteiger charge is 2.32. The summed E-state index contributed by atoms with van der Waals surface area (Å²) >= 11 is 3.46. The van der Waals surface area contributed by atoms with Gasteiger partial charge in [-0.05, 0) is 103 Å². The fourth-order valence-corrected chi connectivity index (χ4v) is 11.0. The molecule has 0 saturated carbocycles. The number of hydrogen-bond donors (Lipinski definition) is 2. The summed E-state index contributed by atoms with van der Waals surface area (Å²) < 4.78 is 44.2. The zero-order valence-electron chi connectivity index (χ0n) is 35.5. The Bertz CT molecular complexity index is 2770. The maximum atomic E-state index is 12.3. The highest BCUT2D eigenvalue weighted by Crippen LogP contribution is 2.47. The van der Waals surface area contributed by atoms with E-state index in [1.165, 1.54) is 21.2 Å². The Kier molecular flexibility index (Phi) is 14.0. The third-order valence-corrected chi connectivity index (χ3v) is 14.5. The number of nitrogens with zero attached hydrogens (tertiary/aromatic N) is 3. The Morgan fingerprint density at radius 3 is 2.54 bits per heavy atom. The standard InChI is InChI=1S/C50H52N4O6S3/c1-3-36(29-49-53(25-12-26-63(57,58)59)44-30-39(20-22-47(44)62-49)37-13-5-4-6-14-37)28-48-52(43-27-35(2)19-21-46(43)61-48)24-10-9-23-51-34-60-42-18-11-17-41(32-42)54-33-40-16-8-7-15-38(40)31-45(54)50(55)56/h4-8,11,13-22,27-30,32,45,51H,3,9-10,12,23-26,31,33-34H2,1-2H3,(H-,55,56,57,58,59). The van der Waals surface area contributed by atoms with E-state index in [0.29, 0.717) is 32.0 Å². The Morgan fingerprint density at radius 2 is 1.75 bits per heavy atom. The zero-order chi connectivity index (χ0) is 43.9. The van der Waals surface area contributed by atoms with Crippen LogP contribution in [0.1, 0.15) is 54.3 Å². The topological polar surface area (TPSA) is 126 Å². The molecular weight excluding hydrogens is 849 g/mol. The molecule has 63 heavy (non-hydrogen) atoms. The number of anilines is 2. The molecular formula is C50H52N4O6S3. The molecule has 2 aliphatic heterocycles. The van der Waals surface area contributed by atoms with Crippen LogP contribution in [-0.4, -0.2) is 55.7 Å². The first-order chi connectivity index (χ1) is 30.5. The molecule has 1 aromatic heterocycles. The zero-order valence-corrected chi connectivity index (χ0v) is 38.0. The molecule has 8 rings (SSSR count). The van der Waals surface area contributed by atoms with Crippen molar-refractivity contribution in [1.82, 2.24) is 5.32 Å². The maximum absolute atomic E-state index is 12.3. The van der Waals surface area contributed by atoms with Gasteiger partial charge in [0.25, 0.3) is 5.01 Å². The number of allylic oxidation sites excluding steroid dienone is 2. The number of thioether (sulfide) groups is 1. The van der Waals surface area contributed by atoms with Crippen molar-refractivity contribution in [3.05, 3.63) is 154 Å². The second kappa shape index (κ2) is 19.9. The fraction of sp³-hybridized carbons (Fsp3) is 0.280. The number of nitrogens with one attached hydrogen (secondary N) is 1. The molecule has 0 bridgehead atoms. The first-order valence-corrected chi connectivity index (χ1v) is 24.7. The molecule has 1 unspecified atom stereocenters. The third-order valence-electron chi connectivity index (χ3n) is 11.5. The average molecular weight is 901 g/mol. The van der Waals surface area contributed by atoms with Crippen molar-refractivity contribution in [3.63, 3.8) is 0 Å². The van der Waals surface area contributed by atoms with Gasteiger partial charge in [-0.15, -0.1) is 0 Å². The highest BCUT2D eigenvalue weighted by molar-refractivity contribution is 8.03. The molecule has 2 N–H and O–H groups in total. The predicted octanol–water partition coefficient (Wildman–Crippen LogP) is 9.77. The minimum absolute atomic E-state index is 0.233. The second-order valence-electron chi connectivity index (χ2n) is 16.0. The first-order valence-electron chi connectivity index (χ1n) is 21.5. The SMILES string of the molecule is CCC(/C=C1\Sc2ccc(C)cc2N1CCCCNCOc1cccc(N2Cc3ccccc3CC2C(=O)O)c1)=C\c1sc2ccc(-c3ccccc3)cc2[n+]1CCCS(=O)(=O)[O-]. The molecule has 0 fully saturated rings. The number of carboxylic acid groups (broad SMARTS) is 1. The number of aliphatic carboxylic acids is 1. The van der Waals surface area contributed by atoms with Crippen molar-refractivity contribution < 1.29 is 32.2 Å². The number of unbranched alkanes of at least 4 members (excludes halogenated alkanes) is 1. The quantitative estimate of drug-likeness (QED) is 0.0373. The number of thiazole rings is 1. The van der Waals surface area contributed by atoms with E-state index in [1.807, 2.05) is 65.6 Å². The molecule has 13 heteroatoms. The normalized spacial score (nSPS) is 15.8. The van der Waals surface area contributed by atoms with Crippen LogP contribution < -0.4 is 24.4 Å². The van der Waals surface area contributed by atoms with Crippen LogP contribution in [0.3, 0.4) is 0 Å². The molecule has 326 valence electrons. The first kappa shape index (κ1) is 44.2. The number of ether oxygens (including phenoxy) is 1. The second-order valence-corrected chi connectivity index (χ2v) is 19.6. The van der Waals surface area contributed by atoms with E-state index in [1.54, 1.807) is 23.1 Å². The number of hydrogen-bond acceptors (Lipinski definition) is 10. The number of carboxylic acids is 1. The van der Waals surface area contributed by atoms with E-state index in [9.17, 15) is 22.9 Å². The van der Waals surface area contributed by atoms with Crippen molar-refractivity contribution in [1.29, 1.82) is 0 Å². The van der Waals surface area contributed by atoms with Gasteiger partial charge in [0.15, 0.2) is 6.54 Å². The lowest BCUT2D eigenvalue weighted by Gasteiger charge is -2.36. The van der Waals surface area contributed by atoms with Gasteiger partial charge in [0.05, 0.1) is 20.8 Å². The van der Waals surface area contributed by atoms with Crippen LogP contribution in [0, 0.1) is 6.92 Å². The Balaban J connectivity index is 0.932. The molecule has 0 spiro atoms.